The van der Waals surface area contributed by atoms with Crippen LogP contribution in [0.3, 0.4) is 0 Å². The number of hydrogen-bond acceptors (Lipinski definition) is 2. The Kier molecular flexibility index (Phi) is 91.9. The molecule has 0 aromatic rings. The molecule has 0 saturated heterocycles. The van der Waals surface area contributed by atoms with Gasteiger partial charge in [0.05, 0.1) is 0 Å². The standard InChI is InChI=1S/2CNO.2Cs/c2*2-1-3;;/q2*-1;2*+1. The Bertz CT molecular complexity index is 70.0. The van der Waals surface area contributed by atoms with Crippen molar-refractivity contribution in [3.8, 4) is 0 Å². The maximum absolute atomic E-state index is 8.24. The van der Waals surface area contributed by atoms with Gasteiger partial charge in [-0.25, -0.2) is 0 Å². The molecule has 0 N–H and O–H groups in total. The van der Waals surface area contributed by atoms with E-state index in [1.54, 1.807) is 0 Å². The third kappa shape index (κ3) is 66.8. The van der Waals surface area contributed by atoms with E-state index in [1.165, 1.54) is 0 Å². The number of carbonyl (C=O) groups excluding carboxylic acids is 2. The van der Waals surface area contributed by atoms with Crippen molar-refractivity contribution in [2.45, 2.75) is 0 Å². The molecular formula is C2Cs2N2O2. The van der Waals surface area contributed by atoms with Gasteiger partial charge in [-0.3, -0.25) is 9.59 Å². The largest absolute Gasteiger partial charge is 1.00 e. The smallest absolute Gasteiger partial charge is 0.724 e. The molecule has 0 fully saturated rings. The average Bonchev–Trinajstić information content (AvgIpc) is 1.39. The normalized spacial score (nSPS) is 2.00. The molecule has 0 aromatic heterocycles. The minimum absolute atomic E-state index is 0. The van der Waals surface area contributed by atoms with Gasteiger partial charge in [0.1, 0.15) is 0 Å². The molecule has 0 amide bonds. The number of hydrogen-bond donors (Lipinski definition) is 0. The van der Waals surface area contributed by atoms with Crippen LogP contribution in [-0.4, -0.2) is 12.2 Å². The van der Waals surface area contributed by atoms with Crippen LogP contribution < -0.4 is 138 Å². The second kappa shape index (κ2) is 32.8. The summed E-state index contributed by atoms with van der Waals surface area (Å²) in [4.78, 5) is 16.5. The van der Waals surface area contributed by atoms with E-state index in [0.717, 1.165) is 0 Å². The van der Waals surface area contributed by atoms with Crippen LogP contribution in [0.1, 0.15) is 0 Å². The molecule has 32 valence electrons. The second-order valence-electron chi connectivity index (χ2n) is 0.183. The van der Waals surface area contributed by atoms with Crippen molar-refractivity contribution >= 4 is 12.2 Å². The molecule has 0 unspecified atom stereocenters. The van der Waals surface area contributed by atoms with E-state index < -0.39 is 0 Å². The summed E-state index contributed by atoms with van der Waals surface area (Å²) in [5, 5.41) is 13.5. The third-order valence-electron chi connectivity index (χ3n) is 0. The van der Waals surface area contributed by atoms with Crippen LogP contribution in [-0.2, 0) is 9.59 Å². The van der Waals surface area contributed by atoms with Gasteiger partial charge in [-0.05, 0) is 12.2 Å². The zero-order valence-electron chi connectivity index (χ0n) is 4.71. The summed E-state index contributed by atoms with van der Waals surface area (Å²) < 4.78 is 0. The van der Waals surface area contributed by atoms with E-state index in [0.29, 0.717) is 12.2 Å². The Morgan fingerprint density at radius 1 is 0.875 bits per heavy atom. The van der Waals surface area contributed by atoms with Crippen molar-refractivity contribution in [2.24, 2.45) is 0 Å². The van der Waals surface area contributed by atoms with Gasteiger partial charge in [0.25, 0.3) is 0 Å². The topological polar surface area (TPSA) is 78.7 Å². The van der Waals surface area contributed by atoms with Gasteiger partial charge < -0.3 is 10.8 Å². The van der Waals surface area contributed by atoms with E-state index in [4.69, 9.17) is 20.4 Å². The predicted molar refractivity (Wildman–Crippen MR) is 18.1 cm³/mol. The van der Waals surface area contributed by atoms with Crippen molar-refractivity contribution in [3.63, 3.8) is 0 Å². The van der Waals surface area contributed by atoms with Gasteiger partial charge in [-0.1, -0.05) is 0 Å². The summed E-state index contributed by atoms with van der Waals surface area (Å²) in [6.07, 6.45) is 1.00. The number of isocyanates is 2. The summed E-state index contributed by atoms with van der Waals surface area (Å²) >= 11 is 0. The first-order valence-electron chi connectivity index (χ1n) is 0.855. The minimum atomic E-state index is 0. The Morgan fingerprint density at radius 2 is 0.875 bits per heavy atom. The van der Waals surface area contributed by atoms with Gasteiger partial charge in [0, 0.05) is 0 Å². The van der Waals surface area contributed by atoms with Crippen LogP contribution in [0.2, 0.25) is 0 Å². The monoisotopic (exact) mass is 350 g/mol. The van der Waals surface area contributed by atoms with Gasteiger partial charge >= 0.3 is 138 Å². The van der Waals surface area contributed by atoms with Crippen molar-refractivity contribution < 1.29 is 147 Å². The fraction of sp³-hybridized carbons (Fsp3) is 0. The third-order valence-corrected chi connectivity index (χ3v) is 0. The van der Waals surface area contributed by atoms with Crippen LogP contribution in [0, 0.1) is 0 Å². The van der Waals surface area contributed by atoms with Crippen molar-refractivity contribution in [3.05, 3.63) is 10.8 Å². The van der Waals surface area contributed by atoms with Crippen molar-refractivity contribution in [1.29, 1.82) is 0 Å². The quantitative estimate of drug-likeness (QED) is 0.322. The van der Waals surface area contributed by atoms with Crippen LogP contribution in [0.15, 0.2) is 0 Å². The molecule has 6 heteroatoms. The second-order valence-corrected chi connectivity index (χ2v) is 0.183. The first-order chi connectivity index (χ1) is 2.83. The van der Waals surface area contributed by atoms with Gasteiger partial charge in [0.15, 0.2) is 0 Å². The van der Waals surface area contributed by atoms with E-state index >= 15 is 0 Å². The van der Waals surface area contributed by atoms with Gasteiger partial charge in [0.2, 0.25) is 0 Å². The summed E-state index contributed by atoms with van der Waals surface area (Å²) in [5.41, 5.74) is 0. The number of nitrogens with zero attached hydrogens (tertiary/aromatic N) is 2. The molecule has 0 atom stereocenters. The SMILES string of the molecule is [Cs+].[Cs+].[N-]=C=O.[N-]=C=O. The average molecular weight is 350 g/mol. The Hall–Kier alpha value is 2.86. The van der Waals surface area contributed by atoms with Crippen LogP contribution >= 0.6 is 0 Å². The maximum atomic E-state index is 8.24. The minimum Gasteiger partial charge on any atom is -0.724 e. The van der Waals surface area contributed by atoms with Gasteiger partial charge in [-0.2, -0.15) is 0 Å². The molecule has 0 radical (unpaired) electrons. The van der Waals surface area contributed by atoms with Crippen LogP contribution in [0.5, 0.6) is 0 Å². The fourth-order valence-corrected chi connectivity index (χ4v) is 0. The van der Waals surface area contributed by atoms with E-state index in [-0.39, 0.29) is 138 Å². The van der Waals surface area contributed by atoms with Gasteiger partial charge in [-0.15, -0.1) is 0 Å². The van der Waals surface area contributed by atoms with E-state index in [2.05, 4.69) is 0 Å². The molecule has 0 aliphatic rings. The number of rotatable bonds is 0. The summed E-state index contributed by atoms with van der Waals surface area (Å²) in [6, 6.07) is 0. The molecule has 0 aliphatic heterocycles. The zero-order valence-corrected chi connectivity index (χ0v) is 17.3. The summed E-state index contributed by atoms with van der Waals surface area (Å²) in [7, 11) is 0. The zero-order chi connectivity index (χ0) is 5.41. The molecule has 0 spiro atoms. The predicted octanol–water partition coefficient (Wildman–Crippen LogP) is -6.21. The molecule has 0 rings (SSSR count). The molecule has 0 saturated carbocycles. The maximum Gasteiger partial charge on any atom is 1.00 e. The Balaban J connectivity index is -0.0000000160. The Labute approximate surface area is 164 Å². The molecule has 4 nitrogen and oxygen atoms in total. The van der Waals surface area contributed by atoms with Crippen molar-refractivity contribution in [1.82, 2.24) is 0 Å². The molecule has 0 aromatic carbocycles. The van der Waals surface area contributed by atoms with Crippen molar-refractivity contribution in [2.75, 3.05) is 0 Å². The molecule has 0 aliphatic carbocycles. The van der Waals surface area contributed by atoms with E-state index in [1.807, 2.05) is 0 Å². The fourth-order valence-electron chi connectivity index (χ4n) is 0. The first-order valence-corrected chi connectivity index (χ1v) is 0.855. The summed E-state index contributed by atoms with van der Waals surface area (Å²) in [6.45, 7) is 0. The van der Waals surface area contributed by atoms with E-state index in [9.17, 15) is 0 Å². The molecule has 0 heterocycles. The van der Waals surface area contributed by atoms with Crippen LogP contribution in [0.4, 0.5) is 0 Å². The molecule has 8 heavy (non-hydrogen) atoms. The molecular weight excluding hydrogens is 350 g/mol. The molecule has 0 bridgehead atoms. The summed E-state index contributed by atoms with van der Waals surface area (Å²) in [5.74, 6) is 0. The first kappa shape index (κ1) is 22.4. The van der Waals surface area contributed by atoms with Crippen LogP contribution in [0.25, 0.3) is 10.8 Å². The Morgan fingerprint density at radius 3 is 0.875 bits per heavy atom.